The third-order valence-corrected chi connectivity index (χ3v) is 10.1. The van der Waals surface area contributed by atoms with Crippen LogP contribution in [0.5, 0.6) is 0 Å². The van der Waals surface area contributed by atoms with Crippen molar-refractivity contribution in [3.05, 3.63) is 0 Å². The van der Waals surface area contributed by atoms with Crippen LogP contribution in [-0.4, -0.2) is 148 Å². The van der Waals surface area contributed by atoms with Crippen LogP contribution in [-0.2, 0) is 52.7 Å². The molecule has 0 radical (unpaired) electrons. The highest BCUT2D eigenvalue weighted by atomic mass is 16.4. The van der Waals surface area contributed by atoms with Gasteiger partial charge in [-0.2, -0.15) is 0 Å². The lowest BCUT2D eigenvalue weighted by Crippen LogP contribution is -2.61. The summed E-state index contributed by atoms with van der Waals surface area (Å²) in [5.74, 6) is -13.1. The van der Waals surface area contributed by atoms with Crippen molar-refractivity contribution in [2.24, 2.45) is 51.4 Å². The molecule has 0 saturated carbocycles. The number of rotatable bonds is 33. The van der Waals surface area contributed by atoms with E-state index in [0.717, 1.165) is 0 Å². The molecule has 0 heterocycles. The number of nitrogens with zero attached hydrogens (tertiary/aromatic N) is 1. The fraction of sp³-hybridized carbons (Fsp3) is 0.700. The molecule has 380 valence electrons. The molecule has 0 saturated heterocycles. The number of primary amides is 2. The second-order valence-electron chi connectivity index (χ2n) is 16.7. The molecule has 0 spiro atoms. The molecule has 0 aliphatic heterocycles. The van der Waals surface area contributed by atoms with E-state index < -0.39 is 164 Å². The van der Waals surface area contributed by atoms with E-state index in [1.165, 1.54) is 13.8 Å². The van der Waals surface area contributed by atoms with Crippen molar-refractivity contribution in [2.45, 2.75) is 148 Å². The molecule has 0 bridgehead atoms. The maximum Gasteiger partial charge on any atom is 0.326 e. The summed E-state index contributed by atoms with van der Waals surface area (Å²) >= 11 is 0. The van der Waals surface area contributed by atoms with Crippen molar-refractivity contribution in [1.82, 2.24) is 37.2 Å². The maximum atomic E-state index is 13.9. The number of aliphatic hydroxyl groups is 1. The first-order valence-electron chi connectivity index (χ1n) is 21.7. The predicted molar refractivity (Wildman–Crippen MR) is 239 cm³/mol. The number of carboxylic acid groups (broad SMARTS) is 2. The normalized spacial score (nSPS) is 15.1. The van der Waals surface area contributed by atoms with Gasteiger partial charge in [-0.1, -0.05) is 48.0 Å². The first kappa shape index (κ1) is 60.4. The second kappa shape index (κ2) is 30.5. The Labute approximate surface area is 388 Å². The molecule has 9 amide bonds. The summed E-state index contributed by atoms with van der Waals surface area (Å²) in [6.45, 7) is 8.88. The standard InChI is InChI=1S/C40H71N13O14/c1-7-20(6)31(39(66)67)53-34(61)22(9-8-14-46-40(44)45)48-37(64)26(17-54)51-36(63)25(15-18(2)3)50-38(65)30(19(4)5)52-35(62)24(11-13-28(43)56)49-33(60)23(10-12-27(42)55)47-32(59)21(41)16-29(57)58/h18-26,30-31,54H,7-17,41H2,1-6H3,(H2,42,55)(H2,43,56)(H,47,59)(H,48,64)(H,49,60)(H,50,65)(H,51,63)(H,52,62)(H,53,61)(H,57,58)(H,66,67)(H4,44,45,46)/t20-,21-,22-,23-,24-,25-,26-,30-,31-/m0/s1. The number of guanidine groups is 1. The minimum absolute atomic E-state index is 0.0378. The van der Waals surface area contributed by atoms with E-state index in [-0.39, 0.29) is 37.7 Å². The zero-order valence-electron chi connectivity index (χ0n) is 38.8. The first-order valence-corrected chi connectivity index (χ1v) is 21.7. The Balaban J connectivity index is 6.46. The van der Waals surface area contributed by atoms with Crippen molar-refractivity contribution in [3.63, 3.8) is 0 Å². The van der Waals surface area contributed by atoms with Gasteiger partial charge in [-0.05, 0) is 49.9 Å². The lowest BCUT2D eigenvalue weighted by atomic mass is 9.98. The zero-order chi connectivity index (χ0) is 51.7. The molecule has 0 rings (SSSR count). The summed E-state index contributed by atoms with van der Waals surface area (Å²) < 4.78 is 0. The van der Waals surface area contributed by atoms with E-state index in [4.69, 9.17) is 33.8 Å². The van der Waals surface area contributed by atoms with Gasteiger partial charge in [-0.3, -0.25) is 52.9 Å². The molecule has 20 N–H and O–H groups in total. The van der Waals surface area contributed by atoms with Crippen molar-refractivity contribution in [2.75, 3.05) is 13.2 Å². The number of aliphatic imine (C=N–C) groups is 1. The van der Waals surface area contributed by atoms with Crippen LogP contribution < -0.4 is 65.9 Å². The van der Waals surface area contributed by atoms with E-state index in [1.54, 1.807) is 27.7 Å². The van der Waals surface area contributed by atoms with Gasteiger partial charge < -0.3 is 81.2 Å². The van der Waals surface area contributed by atoms with Gasteiger partial charge in [0.1, 0.15) is 42.3 Å². The molecule has 9 atom stereocenters. The van der Waals surface area contributed by atoms with Gasteiger partial charge >= 0.3 is 11.9 Å². The zero-order valence-corrected chi connectivity index (χ0v) is 38.8. The van der Waals surface area contributed by atoms with Crippen molar-refractivity contribution in [1.29, 1.82) is 0 Å². The Bertz CT molecular complexity index is 1780. The lowest BCUT2D eigenvalue weighted by Gasteiger charge is -2.29. The van der Waals surface area contributed by atoms with E-state index >= 15 is 0 Å². The highest BCUT2D eigenvalue weighted by Crippen LogP contribution is 2.12. The Morgan fingerprint density at radius 3 is 1.39 bits per heavy atom. The average Bonchev–Trinajstić information content (AvgIpc) is 3.22. The number of nitrogens with one attached hydrogen (secondary N) is 7. The predicted octanol–water partition coefficient (Wildman–Crippen LogP) is -5.41. The topological polar surface area (TPSA) is 475 Å². The Hall–Kier alpha value is -6.64. The molecule has 0 aromatic rings. The molecule has 27 heteroatoms. The van der Waals surface area contributed by atoms with Crippen molar-refractivity contribution in [3.8, 4) is 0 Å². The Kier molecular flexibility index (Phi) is 27.5. The van der Waals surface area contributed by atoms with Crippen LogP contribution in [0.3, 0.4) is 0 Å². The molecule has 0 fully saturated rings. The Morgan fingerprint density at radius 2 is 0.970 bits per heavy atom. The fourth-order valence-electron chi connectivity index (χ4n) is 6.14. The van der Waals surface area contributed by atoms with Gasteiger partial charge in [0.25, 0.3) is 0 Å². The average molecular weight is 958 g/mol. The number of amides is 9. The molecule has 0 unspecified atom stereocenters. The lowest BCUT2D eigenvalue weighted by molar-refractivity contribution is -0.144. The van der Waals surface area contributed by atoms with E-state index in [0.29, 0.717) is 6.42 Å². The molecular formula is C40H71N13O14. The van der Waals surface area contributed by atoms with Crippen LogP contribution >= 0.6 is 0 Å². The smallest absolute Gasteiger partial charge is 0.326 e. The van der Waals surface area contributed by atoms with E-state index in [2.05, 4.69) is 42.2 Å². The molecule has 0 aliphatic carbocycles. The molecule has 0 aliphatic rings. The minimum atomic E-state index is -1.70. The number of hydrogen-bond acceptors (Lipinski definition) is 14. The highest BCUT2D eigenvalue weighted by Gasteiger charge is 2.36. The highest BCUT2D eigenvalue weighted by molar-refractivity contribution is 5.98. The minimum Gasteiger partial charge on any atom is -0.481 e. The number of nitrogens with two attached hydrogens (primary N) is 5. The number of aliphatic carboxylic acids is 2. The maximum absolute atomic E-state index is 13.9. The van der Waals surface area contributed by atoms with Gasteiger partial charge in [0, 0.05) is 19.4 Å². The Morgan fingerprint density at radius 1 is 0.552 bits per heavy atom. The third-order valence-electron chi connectivity index (χ3n) is 10.1. The first-order chi connectivity index (χ1) is 31.1. The van der Waals surface area contributed by atoms with E-state index in [1.807, 2.05) is 0 Å². The number of carbonyl (C=O) groups excluding carboxylic acids is 9. The summed E-state index contributed by atoms with van der Waals surface area (Å²) in [5, 5.41) is 45.7. The molecule has 0 aromatic carbocycles. The third kappa shape index (κ3) is 23.9. The number of aliphatic hydroxyl groups excluding tert-OH is 1. The van der Waals surface area contributed by atoms with Gasteiger partial charge in [0.2, 0.25) is 53.2 Å². The van der Waals surface area contributed by atoms with Crippen LogP contribution in [0, 0.1) is 17.8 Å². The number of carbonyl (C=O) groups is 11. The van der Waals surface area contributed by atoms with Gasteiger partial charge in [0.05, 0.1) is 19.1 Å². The van der Waals surface area contributed by atoms with E-state index in [9.17, 15) is 63.0 Å². The van der Waals surface area contributed by atoms with Crippen LogP contribution in [0.1, 0.15) is 99.3 Å². The summed E-state index contributed by atoms with van der Waals surface area (Å²) in [7, 11) is 0. The largest absolute Gasteiger partial charge is 0.481 e. The molecule has 0 aromatic heterocycles. The monoisotopic (exact) mass is 958 g/mol. The van der Waals surface area contributed by atoms with Crippen molar-refractivity contribution < 1.29 is 68.1 Å². The van der Waals surface area contributed by atoms with Gasteiger partial charge in [-0.25, -0.2) is 4.79 Å². The van der Waals surface area contributed by atoms with Crippen LogP contribution in [0.2, 0.25) is 0 Å². The van der Waals surface area contributed by atoms with Gasteiger partial charge in [-0.15, -0.1) is 0 Å². The van der Waals surface area contributed by atoms with Crippen LogP contribution in [0.25, 0.3) is 0 Å². The molecular weight excluding hydrogens is 887 g/mol. The number of hydrogen-bond donors (Lipinski definition) is 15. The SMILES string of the molecule is CC[C@H](C)[C@H](NC(=O)[C@H](CCCN=C(N)N)NC(=O)[C@H](CO)NC(=O)[C@H](CC(C)C)NC(=O)[C@@H](NC(=O)[C@H](CCC(N)=O)NC(=O)[C@H](CCC(N)=O)NC(=O)[C@@H](N)CC(=O)O)C(C)C)C(=O)O. The fourth-order valence-corrected chi connectivity index (χ4v) is 6.14. The molecule has 67 heavy (non-hydrogen) atoms. The summed E-state index contributed by atoms with van der Waals surface area (Å²) in [6, 6.07) is -12.0. The molecule has 27 nitrogen and oxygen atoms in total. The van der Waals surface area contributed by atoms with Crippen molar-refractivity contribution >= 4 is 71.1 Å². The van der Waals surface area contributed by atoms with Gasteiger partial charge in [0.15, 0.2) is 5.96 Å². The summed E-state index contributed by atoms with van der Waals surface area (Å²) in [5.41, 5.74) is 26.9. The summed E-state index contributed by atoms with van der Waals surface area (Å²) in [6.07, 6.45) is -2.14. The van der Waals surface area contributed by atoms with Crippen LogP contribution in [0.15, 0.2) is 4.99 Å². The van der Waals surface area contributed by atoms with Crippen LogP contribution in [0.4, 0.5) is 0 Å². The number of carboxylic acids is 2. The second-order valence-corrected chi connectivity index (χ2v) is 16.7. The summed E-state index contributed by atoms with van der Waals surface area (Å²) in [4.78, 5) is 144. The quantitative estimate of drug-likeness (QED) is 0.0166.